The van der Waals surface area contributed by atoms with Gasteiger partial charge in [0.15, 0.2) is 12.4 Å². The monoisotopic (exact) mass is 163 g/mol. The SMILES string of the molecule is C[n+]1ccc(C=CC(N)=O)cc1. The molecule has 0 atom stereocenters. The van der Waals surface area contributed by atoms with Crippen molar-refractivity contribution in [2.24, 2.45) is 12.8 Å². The predicted octanol–water partition coefficient (Wildman–Crippen LogP) is 0.00960. The van der Waals surface area contributed by atoms with Gasteiger partial charge in [-0.05, 0) is 11.6 Å². The molecule has 3 heteroatoms. The molecule has 2 N–H and O–H groups in total. The number of aryl methyl sites for hydroxylation is 1. The molecule has 1 amide bonds. The Hall–Kier alpha value is -1.64. The van der Waals surface area contributed by atoms with Crippen LogP contribution in [0.4, 0.5) is 0 Å². The van der Waals surface area contributed by atoms with Gasteiger partial charge in [0.1, 0.15) is 7.05 Å². The van der Waals surface area contributed by atoms with Crippen molar-refractivity contribution < 1.29 is 9.36 Å². The number of carbonyl (C=O) groups excluding carboxylic acids is 1. The summed E-state index contributed by atoms with van der Waals surface area (Å²) >= 11 is 0. The zero-order valence-corrected chi connectivity index (χ0v) is 6.90. The lowest BCUT2D eigenvalue weighted by Gasteiger charge is -1.88. The van der Waals surface area contributed by atoms with Gasteiger partial charge in [-0.2, -0.15) is 0 Å². The summed E-state index contributed by atoms with van der Waals surface area (Å²) in [5, 5.41) is 0. The lowest BCUT2D eigenvalue weighted by Crippen LogP contribution is -2.25. The fraction of sp³-hybridized carbons (Fsp3) is 0.111. The van der Waals surface area contributed by atoms with E-state index in [-0.39, 0.29) is 0 Å². The Kier molecular flexibility index (Phi) is 2.58. The van der Waals surface area contributed by atoms with Gasteiger partial charge in [-0.1, -0.05) is 0 Å². The van der Waals surface area contributed by atoms with Crippen molar-refractivity contribution in [1.82, 2.24) is 0 Å². The highest BCUT2D eigenvalue weighted by atomic mass is 16.1. The largest absolute Gasteiger partial charge is 0.366 e. The van der Waals surface area contributed by atoms with E-state index in [2.05, 4.69) is 0 Å². The van der Waals surface area contributed by atoms with Gasteiger partial charge in [0.2, 0.25) is 5.91 Å². The summed E-state index contributed by atoms with van der Waals surface area (Å²) in [6.45, 7) is 0. The van der Waals surface area contributed by atoms with Crippen LogP contribution in [-0.2, 0) is 11.8 Å². The molecule has 0 aliphatic carbocycles. The third kappa shape index (κ3) is 2.54. The number of pyridine rings is 1. The van der Waals surface area contributed by atoms with E-state index in [1.54, 1.807) is 6.08 Å². The van der Waals surface area contributed by atoms with Crippen molar-refractivity contribution >= 4 is 12.0 Å². The lowest BCUT2D eigenvalue weighted by atomic mass is 10.2. The number of amides is 1. The molecule has 0 saturated heterocycles. The molecule has 0 radical (unpaired) electrons. The van der Waals surface area contributed by atoms with E-state index >= 15 is 0 Å². The first-order valence-corrected chi connectivity index (χ1v) is 3.61. The Morgan fingerprint density at radius 3 is 2.58 bits per heavy atom. The number of hydrogen-bond donors (Lipinski definition) is 1. The molecule has 1 aromatic rings. The van der Waals surface area contributed by atoms with Crippen molar-refractivity contribution in [2.45, 2.75) is 0 Å². The van der Waals surface area contributed by atoms with Gasteiger partial charge < -0.3 is 5.73 Å². The van der Waals surface area contributed by atoms with Crippen molar-refractivity contribution in [3.8, 4) is 0 Å². The molecular weight excluding hydrogens is 152 g/mol. The summed E-state index contributed by atoms with van der Waals surface area (Å²) in [7, 11) is 1.93. The van der Waals surface area contributed by atoms with Crippen molar-refractivity contribution in [3.05, 3.63) is 36.2 Å². The Balaban J connectivity index is 2.77. The summed E-state index contributed by atoms with van der Waals surface area (Å²) in [6, 6.07) is 3.80. The first-order chi connectivity index (χ1) is 5.68. The lowest BCUT2D eigenvalue weighted by molar-refractivity contribution is -0.671. The van der Waals surface area contributed by atoms with E-state index in [1.807, 2.05) is 36.1 Å². The summed E-state index contributed by atoms with van der Waals surface area (Å²) in [5.41, 5.74) is 5.90. The van der Waals surface area contributed by atoms with E-state index < -0.39 is 5.91 Å². The molecule has 1 aromatic heterocycles. The third-order valence-electron chi connectivity index (χ3n) is 1.44. The molecule has 1 heterocycles. The smallest absolute Gasteiger partial charge is 0.241 e. The van der Waals surface area contributed by atoms with Crippen LogP contribution in [0.1, 0.15) is 5.56 Å². The summed E-state index contributed by atoms with van der Waals surface area (Å²) in [6.07, 6.45) is 6.83. The molecule has 0 unspecified atom stereocenters. The standard InChI is InChI=1S/C9H10N2O/c1-11-6-4-8(5-7-11)2-3-9(10)12/h2-7H,1H3,(H-,10,12)/p+1. The second-order valence-electron chi connectivity index (χ2n) is 2.53. The Labute approximate surface area is 71.1 Å². The number of carbonyl (C=O) groups is 1. The van der Waals surface area contributed by atoms with E-state index in [0.717, 1.165) is 5.56 Å². The average molecular weight is 163 g/mol. The Bertz CT molecular complexity index is 301. The van der Waals surface area contributed by atoms with Crippen LogP contribution in [0.5, 0.6) is 0 Å². The topological polar surface area (TPSA) is 47.0 Å². The maximum Gasteiger partial charge on any atom is 0.241 e. The first-order valence-electron chi connectivity index (χ1n) is 3.61. The van der Waals surface area contributed by atoms with Gasteiger partial charge in [0, 0.05) is 18.2 Å². The van der Waals surface area contributed by atoms with Crippen LogP contribution in [0.25, 0.3) is 6.08 Å². The molecule has 0 aromatic carbocycles. The predicted molar refractivity (Wildman–Crippen MR) is 45.8 cm³/mol. The van der Waals surface area contributed by atoms with E-state index in [1.165, 1.54) is 6.08 Å². The molecule has 0 bridgehead atoms. The van der Waals surface area contributed by atoms with Gasteiger partial charge in [0.05, 0.1) is 0 Å². The molecule has 3 nitrogen and oxygen atoms in total. The minimum absolute atomic E-state index is 0.428. The number of aromatic nitrogens is 1. The Morgan fingerprint density at radius 1 is 1.50 bits per heavy atom. The van der Waals surface area contributed by atoms with Gasteiger partial charge >= 0.3 is 0 Å². The van der Waals surface area contributed by atoms with Crippen LogP contribution < -0.4 is 10.3 Å². The van der Waals surface area contributed by atoms with Crippen LogP contribution in [0, 0.1) is 0 Å². The maximum atomic E-state index is 10.4. The van der Waals surface area contributed by atoms with Gasteiger partial charge in [-0.15, -0.1) is 0 Å². The summed E-state index contributed by atoms with van der Waals surface area (Å²) in [4.78, 5) is 10.4. The molecule has 0 aliphatic heterocycles. The number of primary amides is 1. The molecule has 12 heavy (non-hydrogen) atoms. The maximum absolute atomic E-state index is 10.4. The zero-order chi connectivity index (χ0) is 8.97. The van der Waals surface area contributed by atoms with Crippen LogP contribution in [-0.4, -0.2) is 5.91 Å². The summed E-state index contributed by atoms with van der Waals surface area (Å²) < 4.78 is 1.92. The second-order valence-corrected chi connectivity index (χ2v) is 2.53. The third-order valence-corrected chi connectivity index (χ3v) is 1.44. The van der Waals surface area contributed by atoms with E-state index in [4.69, 9.17) is 5.73 Å². The highest BCUT2D eigenvalue weighted by Crippen LogP contribution is 1.96. The zero-order valence-electron chi connectivity index (χ0n) is 6.90. The fourth-order valence-electron chi connectivity index (χ4n) is 0.802. The first kappa shape index (κ1) is 8.46. The molecule has 0 spiro atoms. The minimum atomic E-state index is -0.428. The number of nitrogens with two attached hydrogens (primary N) is 1. The quantitative estimate of drug-likeness (QED) is 0.484. The molecule has 1 rings (SSSR count). The van der Waals surface area contributed by atoms with E-state index in [0.29, 0.717) is 0 Å². The number of rotatable bonds is 2. The number of nitrogens with zero attached hydrogens (tertiary/aromatic N) is 1. The van der Waals surface area contributed by atoms with Crippen molar-refractivity contribution in [3.63, 3.8) is 0 Å². The fourth-order valence-corrected chi connectivity index (χ4v) is 0.802. The van der Waals surface area contributed by atoms with E-state index in [9.17, 15) is 4.79 Å². The Morgan fingerprint density at radius 2 is 2.08 bits per heavy atom. The summed E-state index contributed by atoms with van der Waals surface area (Å²) in [5.74, 6) is -0.428. The van der Waals surface area contributed by atoms with Gasteiger partial charge in [-0.3, -0.25) is 4.79 Å². The number of hydrogen-bond acceptors (Lipinski definition) is 1. The molecule has 0 saturated carbocycles. The van der Waals surface area contributed by atoms with Crippen LogP contribution in [0.2, 0.25) is 0 Å². The molecule has 0 aliphatic rings. The molecule has 0 fully saturated rings. The van der Waals surface area contributed by atoms with Crippen LogP contribution >= 0.6 is 0 Å². The van der Waals surface area contributed by atoms with Gasteiger partial charge in [0.25, 0.3) is 0 Å². The van der Waals surface area contributed by atoms with Crippen molar-refractivity contribution in [1.29, 1.82) is 0 Å². The highest BCUT2D eigenvalue weighted by molar-refractivity contribution is 5.90. The second kappa shape index (κ2) is 3.67. The van der Waals surface area contributed by atoms with Crippen LogP contribution in [0.3, 0.4) is 0 Å². The normalized spacial score (nSPS) is 10.4. The van der Waals surface area contributed by atoms with Crippen molar-refractivity contribution in [2.75, 3.05) is 0 Å². The average Bonchev–Trinajstić information content (AvgIpc) is 2.03. The van der Waals surface area contributed by atoms with Gasteiger partial charge in [-0.25, -0.2) is 4.57 Å². The molecular formula is C9H11N2O+. The highest BCUT2D eigenvalue weighted by Gasteiger charge is 1.91. The minimum Gasteiger partial charge on any atom is -0.366 e. The molecule has 62 valence electrons. The van der Waals surface area contributed by atoms with Crippen LogP contribution in [0.15, 0.2) is 30.6 Å².